The van der Waals surface area contributed by atoms with Gasteiger partial charge in [-0.2, -0.15) is 5.26 Å². The number of benzene rings is 2. The molecule has 0 saturated carbocycles. The molecule has 0 amide bonds. The molecule has 0 bridgehead atoms. The number of nitrogens with zero attached hydrogens (tertiary/aromatic N) is 2. The van der Waals surface area contributed by atoms with Gasteiger partial charge in [0.15, 0.2) is 0 Å². The van der Waals surface area contributed by atoms with Crippen molar-refractivity contribution in [2.45, 2.75) is 18.9 Å². The van der Waals surface area contributed by atoms with Gasteiger partial charge in [0.1, 0.15) is 0 Å². The molecule has 112 valence electrons. The van der Waals surface area contributed by atoms with Crippen LogP contribution < -0.4 is 0 Å². The zero-order valence-corrected chi connectivity index (χ0v) is 13.4. The van der Waals surface area contributed by atoms with Crippen molar-refractivity contribution in [3.8, 4) is 6.07 Å². The van der Waals surface area contributed by atoms with Gasteiger partial charge in [-0.3, -0.25) is 0 Å². The molecule has 0 radical (unpaired) electrons. The molecule has 2 heteroatoms. The maximum atomic E-state index is 9.71. The Morgan fingerprint density at radius 2 is 1.55 bits per heavy atom. The average molecular weight is 290 g/mol. The van der Waals surface area contributed by atoms with Crippen LogP contribution in [0.25, 0.3) is 6.08 Å². The number of likely N-dealkylation sites (N-methyl/N-ethyl adjacent to an activating group) is 1. The van der Waals surface area contributed by atoms with Crippen molar-refractivity contribution in [2.75, 3.05) is 14.1 Å². The molecular formula is C20H22N2. The fourth-order valence-corrected chi connectivity index (χ4v) is 2.60. The molecule has 2 aromatic carbocycles. The number of hydrogen-bond acceptors (Lipinski definition) is 2. The predicted molar refractivity (Wildman–Crippen MR) is 92.4 cm³/mol. The second-order valence-corrected chi connectivity index (χ2v) is 5.71. The van der Waals surface area contributed by atoms with Gasteiger partial charge in [-0.25, -0.2) is 0 Å². The average Bonchev–Trinajstić information content (AvgIpc) is 2.56. The first-order valence-corrected chi connectivity index (χ1v) is 7.51. The van der Waals surface area contributed by atoms with Crippen molar-refractivity contribution in [3.63, 3.8) is 0 Å². The summed E-state index contributed by atoms with van der Waals surface area (Å²) >= 11 is 0. The van der Waals surface area contributed by atoms with Crippen LogP contribution in [0.5, 0.6) is 0 Å². The van der Waals surface area contributed by atoms with Gasteiger partial charge in [0.05, 0.1) is 6.07 Å². The van der Waals surface area contributed by atoms with E-state index in [0.29, 0.717) is 0 Å². The van der Waals surface area contributed by atoms with Gasteiger partial charge in [-0.1, -0.05) is 60.7 Å². The summed E-state index contributed by atoms with van der Waals surface area (Å²) in [5.74, 6) is 0.0569. The van der Waals surface area contributed by atoms with E-state index in [0.717, 1.165) is 11.1 Å². The molecule has 0 N–H and O–H groups in total. The summed E-state index contributed by atoms with van der Waals surface area (Å²) in [5, 5.41) is 9.71. The molecule has 0 saturated heterocycles. The fourth-order valence-electron chi connectivity index (χ4n) is 2.60. The van der Waals surface area contributed by atoms with Crippen molar-refractivity contribution < 1.29 is 0 Å². The topological polar surface area (TPSA) is 27.0 Å². The molecule has 2 aromatic rings. The largest absolute Gasteiger partial charge is 0.306 e. The van der Waals surface area contributed by atoms with E-state index in [1.54, 1.807) is 0 Å². The zero-order chi connectivity index (χ0) is 15.9. The van der Waals surface area contributed by atoms with Crippen LogP contribution >= 0.6 is 0 Å². The molecule has 22 heavy (non-hydrogen) atoms. The van der Waals surface area contributed by atoms with Gasteiger partial charge in [0.2, 0.25) is 0 Å². The predicted octanol–water partition coefficient (Wildman–Crippen LogP) is 4.33. The monoisotopic (exact) mass is 290 g/mol. The molecule has 0 fully saturated rings. The molecular weight excluding hydrogens is 268 g/mol. The van der Waals surface area contributed by atoms with E-state index in [1.165, 1.54) is 5.56 Å². The maximum Gasteiger partial charge on any atom is 0.0954 e. The van der Waals surface area contributed by atoms with Gasteiger partial charge in [-0.05, 0) is 38.2 Å². The third-order valence-electron chi connectivity index (χ3n) is 4.04. The molecule has 0 aliphatic carbocycles. The van der Waals surface area contributed by atoms with Crippen LogP contribution in [0.2, 0.25) is 0 Å². The molecule has 0 aliphatic rings. The number of nitriles is 1. The van der Waals surface area contributed by atoms with Crippen molar-refractivity contribution in [1.29, 1.82) is 5.26 Å². The van der Waals surface area contributed by atoms with Crippen LogP contribution in [0.4, 0.5) is 0 Å². The third-order valence-corrected chi connectivity index (χ3v) is 4.04. The Balaban J connectivity index is 2.47. The highest BCUT2D eigenvalue weighted by Gasteiger charge is 2.25. The molecule has 0 spiro atoms. The molecule has 2 nitrogen and oxygen atoms in total. The Bertz CT molecular complexity index is 651. The summed E-state index contributed by atoms with van der Waals surface area (Å²) in [6, 6.07) is 22.9. The SMILES string of the molecule is C[C@@H]([C@@H](/C(C#N)=C/c1ccccc1)c1ccccc1)N(C)C. The Morgan fingerprint density at radius 1 is 1.00 bits per heavy atom. The fraction of sp³-hybridized carbons (Fsp3) is 0.250. The highest BCUT2D eigenvalue weighted by Crippen LogP contribution is 2.31. The first-order chi connectivity index (χ1) is 10.6. The lowest BCUT2D eigenvalue weighted by atomic mass is 9.84. The van der Waals surface area contributed by atoms with Crippen LogP contribution in [0.1, 0.15) is 24.0 Å². The Labute approximate surface area is 133 Å². The quantitative estimate of drug-likeness (QED) is 0.766. The Hall–Kier alpha value is -2.37. The lowest BCUT2D eigenvalue weighted by Gasteiger charge is -2.29. The summed E-state index contributed by atoms with van der Waals surface area (Å²) in [6.07, 6.45) is 2.00. The molecule has 0 heterocycles. The summed E-state index contributed by atoms with van der Waals surface area (Å²) in [5.41, 5.74) is 3.02. The van der Waals surface area contributed by atoms with E-state index < -0.39 is 0 Å². The molecule has 2 atom stereocenters. The lowest BCUT2D eigenvalue weighted by Crippen LogP contribution is -2.32. The number of rotatable bonds is 5. The van der Waals surface area contributed by atoms with Gasteiger partial charge >= 0.3 is 0 Å². The minimum absolute atomic E-state index is 0.0569. The zero-order valence-electron chi connectivity index (χ0n) is 13.4. The Morgan fingerprint density at radius 3 is 2.05 bits per heavy atom. The van der Waals surface area contributed by atoms with Gasteiger partial charge < -0.3 is 4.90 Å². The van der Waals surface area contributed by atoms with Crippen LogP contribution in [-0.2, 0) is 0 Å². The van der Waals surface area contributed by atoms with Gasteiger partial charge in [-0.15, -0.1) is 0 Å². The van der Waals surface area contributed by atoms with Crippen LogP contribution in [-0.4, -0.2) is 25.0 Å². The van der Waals surface area contributed by atoms with E-state index in [9.17, 15) is 5.26 Å². The smallest absolute Gasteiger partial charge is 0.0954 e. The minimum Gasteiger partial charge on any atom is -0.306 e. The second kappa shape index (κ2) is 7.59. The van der Waals surface area contributed by atoms with Crippen LogP contribution in [0.15, 0.2) is 66.2 Å². The second-order valence-electron chi connectivity index (χ2n) is 5.71. The van der Waals surface area contributed by atoms with E-state index in [-0.39, 0.29) is 12.0 Å². The molecule has 2 rings (SSSR count). The molecule has 0 aliphatic heterocycles. The summed E-state index contributed by atoms with van der Waals surface area (Å²) in [6.45, 7) is 2.16. The van der Waals surface area contributed by atoms with E-state index in [2.05, 4.69) is 44.1 Å². The van der Waals surface area contributed by atoms with Gasteiger partial charge in [0, 0.05) is 17.5 Å². The standard InChI is InChI=1S/C20H22N2/c1-16(22(2)3)20(18-12-8-5-9-13-18)19(15-21)14-17-10-6-4-7-11-17/h4-14,16,20H,1-3H3/b19-14+/t16-,20+/m0/s1. The first kappa shape index (κ1) is 16.0. The van der Waals surface area contributed by atoms with Crippen molar-refractivity contribution >= 4 is 6.08 Å². The third kappa shape index (κ3) is 3.84. The first-order valence-electron chi connectivity index (χ1n) is 7.51. The van der Waals surface area contributed by atoms with Crippen LogP contribution in [0.3, 0.4) is 0 Å². The van der Waals surface area contributed by atoms with Crippen molar-refractivity contribution in [3.05, 3.63) is 77.4 Å². The van der Waals surface area contributed by atoms with Crippen molar-refractivity contribution in [1.82, 2.24) is 4.90 Å². The summed E-state index contributed by atoms with van der Waals surface area (Å²) in [4.78, 5) is 2.16. The summed E-state index contributed by atoms with van der Waals surface area (Å²) in [7, 11) is 4.11. The molecule has 0 unspecified atom stereocenters. The molecule has 0 aromatic heterocycles. The highest BCUT2D eigenvalue weighted by atomic mass is 15.1. The van der Waals surface area contributed by atoms with E-state index >= 15 is 0 Å². The highest BCUT2D eigenvalue weighted by molar-refractivity contribution is 5.60. The van der Waals surface area contributed by atoms with Gasteiger partial charge in [0.25, 0.3) is 0 Å². The Kier molecular flexibility index (Phi) is 5.52. The van der Waals surface area contributed by atoms with Crippen molar-refractivity contribution in [2.24, 2.45) is 0 Å². The maximum absolute atomic E-state index is 9.71. The number of hydrogen-bond donors (Lipinski definition) is 0. The van der Waals surface area contributed by atoms with E-state index in [4.69, 9.17) is 0 Å². The normalized spacial score (nSPS) is 14.4. The minimum atomic E-state index is 0.0569. The van der Waals surface area contributed by atoms with Crippen LogP contribution in [0, 0.1) is 11.3 Å². The van der Waals surface area contributed by atoms with E-state index in [1.807, 2.05) is 54.6 Å². The summed E-state index contributed by atoms with van der Waals surface area (Å²) < 4.78 is 0. The lowest BCUT2D eigenvalue weighted by molar-refractivity contribution is 0.290.